The number of hydrogen-bond donors (Lipinski definition) is 2. The normalized spacial score (nSPS) is 15.9. The average molecular weight is 281 g/mol. The molecule has 3 N–H and O–H groups in total. The summed E-state index contributed by atoms with van der Waals surface area (Å²) in [7, 11) is 0. The highest BCUT2D eigenvalue weighted by Gasteiger charge is 2.28. The fraction of sp³-hybridized carbons (Fsp3) is 0.389. The van der Waals surface area contributed by atoms with E-state index in [9.17, 15) is 0 Å². The van der Waals surface area contributed by atoms with Crippen molar-refractivity contribution < 1.29 is 0 Å². The van der Waals surface area contributed by atoms with E-state index < -0.39 is 0 Å². The van der Waals surface area contributed by atoms with Crippen LogP contribution in [0.25, 0.3) is 0 Å². The van der Waals surface area contributed by atoms with E-state index in [-0.39, 0.29) is 0 Å². The van der Waals surface area contributed by atoms with Crippen LogP contribution in [-0.2, 0) is 19.3 Å². The summed E-state index contributed by atoms with van der Waals surface area (Å²) in [4.78, 5) is 4.21. The molecule has 1 aliphatic rings. The van der Waals surface area contributed by atoms with Gasteiger partial charge in [-0.3, -0.25) is 0 Å². The fourth-order valence-electron chi connectivity index (χ4n) is 3.41. The lowest BCUT2D eigenvalue weighted by atomic mass is 9.91. The first-order valence-electron chi connectivity index (χ1n) is 7.77. The summed E-state index contributed by atoms with van der Waals surface area (Å²) < 4.78 is 0. The first kappa shape index (κ1) is 14.1. The van der Waals surface area contributed by atoms with Crippen molar-refractivity contribution in [3.05, 3.63) is 59.3 Å². The molecule has 0 radical (unpaired) electrons. The van der Waals surface area contributed by atoms with Crippen molar-refractivity contribution in [2.75, 3.05) is 12.3 Å². The highest BCUT2D eigenvalue weighted by Crippen LogP contribution is 2.30. The molecular formula is C18H23N3. The molecule has 1 aromatic carbocycles. The molecule has 3 rings (SSSR count). The Hall–Kier alpha value is -1.87. The molecular weight excluding hydrogens is 258 g/mol. The van der Waals surface area contributed by atoms with Gasteiger partial charge < -0.3 is 11.1 Å². The van der Waals surface area contributed by atoms with Gasteiger partial charge in [0.15, 0.2) is 0 Å². The minimum Gasteiger partial charge on any atom is -0.383 e. The highest BCUT2D eigenvalue weighted by molar-refractivity contribution is 5.39. The van der Waals surface area contributed by atoms with E-state index in [0.717, 1.165) is 31.4 Å². The molecule has 2 aromatic rings. The van der Waals surface area contributed by atoms with Crippen molar-refractivity contribution in [3.8, 4) is 0 Å². The lowest BCUT2D eigenvalue weighted by Crippen LogP contribution is -2.38. The van der Waals surface area contributed by atoms with E-state index in [4.69, 9.17) is 5.73 Å². The standard InChI is InChI=1S/C18H23N3/c1-2-20-17(12-15-8-5-9-21-18(15)19)16-10-13-6-3-4-7-14(13)11-16/h3-9,16-17,20H,2,10-12H2,1H3,(H2,19,21). The van der Waals surface area contributed by atoms with Crippen molar-refractivity contribution in [1.29, 1.82) is 0 Å². The zero-order valence-electron chi connectivity index (χ0n) is 12.5. The number of aromatic nitrogens is 1. The van der Waals surface area contributed by atoms with E-state index >= 15 is 0 Å². The quantitative estimate of drug-likeness (QED) is 0.885. The zero-order chi connectivity index (χ0) is 14.7. The van der Waals surface area contributed by atoms with Crippen LogP contribution < -0.4 is 11.1 Å². The van der Waals surface area contributed by atoms with Gasteiger partial charge in [-0.2, -0.15) is 0 Å². The molecule has 1 aliphatic carbocycles. The van der Waals surface area contributed by atoms with Gasteiger partial charge in [0.2, 0.25) is 0 Å². The number of rotatable bonds is 5. The summed E-state index contributed by atoms with van der Waals surface area (Å²) in [6, 6.07) is 13.3. The van der Waals surface area contributed by atoms with E-state index in [1.807, 2.05) is 6.07 Å². The summed E-state index contributed by atoms with van der Waals surface area (Å²) >= 11 is 0. The Kier molecular flexibility index (Phi) is 4.20. The molecule has 0 bridgehead atoms. The molecule has 0 fully saturated rings. The molecule has 0 saturated carbocycles. The average Bonchev–Trinajstić information content (AvgIpc) is 2.93. The van der Waals surface area contributed by atoms with E-state index in [1.165, 1.54) is 11.1 Å². The van der Waals surface area contributed by atoms with Crippen LogP contribution in [0, 0.1) is 5.92 Å². The molecule has 1 atom stereocenters. The predicted molar refractivity (Wildman–Crippen MR) is 87.2 cm³/mol. The van der Waals surface area contributed by atoms with Gasteiger partial charge in [0.25, 0.3) is 0 Å². The van der Waals surface area contributed by atoms with Crippen LogP contribution in [0.3, 0.4) is 0 Å². The number of nitrogens with one attached hydrogen (secondary N) is 1. The number of nitrogens with two attached hydrogens (primary N) is 1. The lowest BCUT2D eigenvalue weighted by molar-refractivity contribution is 0.368. The maximum atomic E-state index is 6.01. The Balaban J connectivity index is 1.76. The SMILES string of the molecule is CCNC(Cc1cccnc1N)C1Cc2ccccc2C1. The molecule has 0 spiro atoms. The van der Waals surface area contributed by atoms with Gasteiger partial charge in [-0.05, 0) is 54.5 Å². The van der Waals surface area contributed by atoms with Gasteiger partial charge in [0, 0.05) is 12.2 Å². The summed E-state index contributed by atoms with van der Waals surface area (Å²) in [5.41, 5.74) is 10.2. The lowest BCUT2D eigenvalue weighted by Gasteiger charge is -2.25. The van der Waals surface area contributed by atoms with Crippen molar-refractivity contribution in [1.82, 2.24) is 10.3 Å². The second-order valence-electron chi connectivity index (χ2n) is 5.85. The summed E-state index contributed by atoms with van der Waals surface area (Å²) in [6.45, 7) is 3.15. The molecule has 3 nitrogen and oxygen atoms in total. The molecule has 110 valence electrons. The maximum absolute atomic E-state index is 6.01. The molecule has 21 heavy (non-hydrogen) atoms. The molecule has 1 heterocycles. The molecule has 0 aliphatic heterocycles. The second kappa shape index (κ2) is 6.27. The number of pyridine rings is 1. The molecule has 0 amide bonds. The van der Waals surface area contributed by atoms with E-state index in [2.05, 4.69) is 47.6 Å². The predicted octanol–water partition coefficient (Wildman–Crippen LogP) is 2.60. The zero-order valence-corrected chi connectivity index (χ0v) is 12.5. The summed E-state index contributed by atoms with van der Waals surface area (Å²) in [6.07, 6.45) is 5.03. The Morgan fingerprint density at radius 2 is 1.90 bits per heavy atom. The van der Waals surface area contributed by atoms with Crippen LogP contribution in [0.4, 0.5) is 5.82 Å². The van der Waals surface area contributed by atoms with Gasteiger partial charge in [-0.1, -0.05) is 37.3 Å². The van der Waals surface area contributed by atoms with Crippen LogP contribution in [-0.4, -0.2) is 17.6 Å². The third kappa shape index (κ3) is 3.08. The third-order valence-corrected chi connectivity index (χ3v) is 4.48. The number of hydrogen-bond acceptors (Lipinski definition) is 3. The monoisotopic (exact) mass is 281 g/mol. The fourth-order valence-corrected chi connectivity index (χ4v) is 3.41. The Bertz CT molecular complexity index is 584. The number of likely N-dealkylation sites (N-methyl/N-ethyl adjacent to an activating group) is 1. The van der Waals surface area contributed by atoms with Crippen molar-refractivity contribution in [2.24, 2.45) is 5.92 Å². The molecule has 0 saturated heterocycles. The first-order chi connectivity index (χ1) is 10.3. The number of nitrogens with zero attached hydrogens (tertiary/aromatic N) is 1. The Morgan fingerprint density at radius 3 is 2.52 bits per heavy atom. The van der Waals surface area contributed by atoms with Crippen molar-refractivity contribution in [2.45, 2.75) is 32.2 Å². The van der Waals surface area contributed by atoms with Crippen LogP contribution >= 0.6 is 0 Å². The second-order valence-corrected chi connectivity index (χ2v) is 5.85. The maximum Gasteiger partial charge on any atom is 0.126 e. The number of anilines is 1. The third-order valence-electron chi connectivity index (χ3n) is 4.48. The summed E-state index contributed by atoms with van der Waals surface area (Å²) in [5.74, 6) is 1.30. The number of benzene rings is 1. The van der Waals surface area contributed by atoms with Gasteiger partial charge in [0.1, 0.15) is 5.82 Å². The van der Waals surface area contributed by atoms with Crippen molar-refractivity contribution in [3.63, 3.8) is 0 Å². The topological polar surface area (TPSA) is 50.9 Å². The largest absolute Gasteiger partial charge is 0.383 e. The first-order valence-corrected chi connectivity index (χ1v) is 7.77. The molecule has 1 unspecified atom stereocenters. The number of fused-ring (bicyclic) bond motifs is 1. The Labute approximate surface area is 126 Å². The number of nitrogen functional groups attached to an aromatic ring is 1. The van der Waals surface area contributed by atoms with Gasteiger partial charge >= 0.3 is 0 Å². The van der Waals surface area contributed by atoms with Gasteiger partial charge in [-0.15, -0.1) is 0 Å². The molecule has 1 aromatic heterocycles. The Morgan fingerprint density at radius 1 is 1.19 bits per heavy atom. The highest BCUT2D eigenvalue weighted by atomic mass is 14.9. The van der Waals surface area contributed by atoms with Crippen LogP contribution in [0.5, 0.6) is 0 Å². The van der Waals surface area contributed by atoms with E-state index in [0.29, 0.717) is 17.8 Å². The van der Waals surface area contributed by atoms with E-state index in [1.54, 1.807) is 6.20 Å². The van der Waals surface area contributed by atoms with Gasteiger partial charge in [-0.25, -0.2) is 4.98 Å². The van der Waals surface area contributed by atoms with Gasteiger partial charge in [0.05, 0.1) is 0 Å². The van der Waals surface area contributed by atoms with Crippen molar-refractivity contribution >= 4 is 5.82 Å². The summed E-state index contributed by atoms with van der Waals surface area (Å²) in [5, 5.41) is 3.65. The van der Waals surface area contributed by atoms with Crippen LogP contribution in [0.1, 0.15) is 23.6 Å². The van der Waals surface area contributed by atoms with Crippen LogP contribution in [0.15, 0.2) is 42.6 Å². The minimum atomic E-state index is 0.453. The minimum absolute atomic E-state index is 0.453. The smallest absolute Gasteiger partial charge is 0.126 e. The van der Waals surface area contributed by atoms with Crippen LogP contribution in [0.2, 0.25) is 0 Å². The molecule has 3 heteroatoms.